The lowest BCUT2D eigenvalue weighted by atomic mass is 9.99. The number of hydrogen-bond acceptors (Lipinski definition) is 3. The van der Waals surface area contributed by atoms with Crippen molar-refractivity contribution in [3.63, 3.8) is 0 Å². The molecule has 5 heteroatoms. The zero-order chi connectivity index (χ0) is 18.8. The van der Waals surface area contributed by atoms with E-state index in [1.165, 1.54) is 5.56 Å². The van der Waals surface area contributed by atoms with Crippen LogP contribution < -0.4 is 0 Å². The number of nitrogens with zero attached hydrogens (tertiary/aromatic N) is 4. The molecule has 0 radical (unpaired) electrons. The first kappa shape index (κ1) is 17.0. The number of carbonyl (C=O) groups is 1. The first-order chi connectivity index (χ1) is 13.2. The Bertz CT molecular complexity index is 1010. The van der Waals surface area contributed by atoms with Crippen LogP contribution in [0.2, 0.25) is 0 Å². The molecule has 2 aromatic carbocycles. The molecule has 1 aliphatic rings. The molecule has 0 saturated carbocycles. The van der Waals surface area contributed by atoms with E-state index in [9.17, 15) is 4.79 Å². The Kier molecular flexibility index (Phi) is 4.47. The molecular formula is C22H20N4O. The van der Waals surface area contributed by atoms with Crippen LogP contribution in [0.25, 0.3) is 0 Å². The Balaban J connectivity index is 1.69. The van der Waals surface area contributed by atoms with Gasteiger partial charge in [0.2, 0.25) is 0 Å². The molecule has 1 aliphatic heterocycles. The largest absolute Gasteiger partial charge is 0.330 e. The van der Waals surface area contributed by atoms with E-state index < -0.39 is 6.04 Å². The van der Waals surface area contributed by atoms with Crippen molar-refractivity contribution in [1.29, 1.82) is 5.26 Å². The molecule has 0 saturated heterocycles. The molecule has 134 valence electrons. The van der Waals surface area contributed by atoms with Crippen LogP contribution >= 0.6 is 0 Å². The third kappa shape index (κ3) is 3.34. The van der Waals surface area contributed by atoms with Gasteiger partial charge >= 0.3 is 0 Å². The number of carbonyl (C=O) groups excluding carboxylic acids is 1. The van der Waals surface area contributed by atoms with Crippen molar-refractivity contribution >= 4 is 5.91 Å². The van der Waals surface area contributed by atoms with Gasteiger partial charge in [0.05, 0.1) is 31.1 Å². The Morgan fingerprint density at radius 1 is 1.19 bits per heavy atom. The fourth-order valence-corrected chi connectivity index (χ4v) is 3.57. The molecule has 0 fully saturated rings. The Labute approximate surface area is 158 Å². The molecule has 4 rings (SSSR count). The summed E-state index contributed by atoms with van der Waals surface area (Å²) >= 11 is 0. The van der Waals surface area contributed by atoms with Crippen molar-refractivity contribution in [3.8, 4) is 6.07 Å². The van der Waals surface area contributed by atoms with E-state index in [4.69, 9.17) is 5.26 Å². The fourth-order valence-electron chi connectivity index (χ4n) is 3.57. The predicted octanol–water partition coefficient (Wildman–Crippen LogP) is 3.39. The maximum Gasteiger partial charge on any atom is 0.250 e. The zero-order valence-electron chi connectivity index (χ0n) is 15.2. The topological polar surface area (TPSA) is 61.9 Å². The molecule has 0 bridgehead atoms. The Hall–Kier alpha value is -3.39. The third-order valence-electron chi connectivity index (χ3n) is 4.97. The van der Waals surface area contributed by atoms with Crippen molar-refractivity contribution in [2.75, 3.05) is 0 Å². The summed E-state index contributed by atoms with van der Waals surface area (Å²) in [4.78, 5) is 19.5. The van der Waals surface area contributed by atoms with Gasteiger partial charge in [0, 0.05) is 12.7 Å². The summed E-state index contributed by atoms with van der Waals surface area (Å²) < 4.78 is 1.94. The lowest BCUT2D eigenvalue weighted by molar-refractivity contribution is -0.136. The third-order valence-corrected chi connectivity index (χ3v) is 4.97. The van der Waals surface area contributed by atoms with Crippen LogP contribution in [0, 0.1) is 18.3 Å². The van der Waals surface area contributed by atoms with Crippen LogP contribution in [-0.2, 0) is 24.3 Å². The minimum atomic E-state index is -0.444. The minimum absolute atomic E-state index is 0.0511. The lowest BCUT2D eigenvalue weighted by Gasteiger charge is -2.34. The highest BCUT2D eigenvalue weighted by Gasteiger charge is 2.34. The summed E-state index contributed by atoms with van der Waals surface area (Å²) in [5.41, 5.74) is 5.13. The van der Waals surface area contributed by atoms with Crippen molar-refractivity contribution in [1.82, 2.24) is 14.5 Å². The normalized spacial score (nSPS) is 16.1. The predicted molar refractivity (Wildman–Crippen MR) is 102 cm³/mol. The molecule has 27 heavy (non-hydrogen) atoms. The molecular weight excluding hydrogens is 336 g/mol. The number of nitriles is 1. The number of rotatable bonds is 4. The van der Waals surface area contributed by atoms with Gasteiger partial charge in [-0.3, -0.25) is 4.79 Å². The molecule has 3 aromatic rings. The molecule has 1 aromatic heterocycles. The van der Waals surface area contributed by atoms with E-state index in [2.05, 4.69) is 42.2 Å². The van der Waals surface area contributed by atoms with Crippen molar-refractivity contribution in [2.24, 2.45) is 0 Å². The first-order valence-corrected chi connectivity index (χ1v) is 8.96. The number of hydrogen-bond donors (Lipinski definition) is 0. The molecule has 0 spiro atoms. The summed E-state index contributed by atoms with van der Waals surface area (Å²) in [6.07, 6.45) is 3.87. The second kappa shape index (κ2) is 7.08. The number of benzene rings is 2. The maximum atomic E-state index is 13.3. The minimum Gasteiger partial charge on any atom is -0.330 e. The van der Waals surface area contributed by atoms with Crippen molar-refractivity contribution < 1.29 is 4.79 Å². The summed E-state index contributed by atoms with van der Waals surface area (Å²) in [6.45, 7) is 3.17. The van der Waals surface area contributed by atoms with Crippen molar-refractivity contribution in [2.45, 2.75) is 32.5 Å². The smallest absolute Gasteiger partial charge is 0.250 e. The highest BCUT2D eigenvalue weighted by molar-refractivity contribution is 5.84. The van der Waals surface area contributed by atoms with Crippen LogP contribution in [-0.4, -0.2) is 20.4 Å². The molecule has 5 nitrogen and oxygen atoms in total. The van der Waals surface area contributed by atoms with Gasteiger partial charge in [-0.2, -0.15) is 5.26 Å². The van der Waals surface area contributed by atoms with E-state index in [0.717, 1.165) is 22.4 Å². The van der Waals surface area contributed by atoms with E-state index in [1.54, 1.807) is 6.33 Å². The summed E-state index contributed by atoms with van der Waals surface area (Å²) in [5, 5.41) is 8.98. The molecule has 1 atom stereocenters. The number of aryl methyl sites for hydroxylation is 1. The van der Waals surface area contributed by atoms with Gasteiger partial charge in [0.25, 0.3) is 5.91 Å². The fraction of sp³-hybridized carbons (Fsp3) is 0.227. The first-order valence-electron chi connectivity index (χ1n) is 8.96. The summed E-state index contributed by atoms with van der Waals surface area (Å²) in [6, 6.07) is 17.7. The molecule has 2 heterocycles. The van der Waals surface area contributed by atoms with E-state index >= 15 is 0 Å². The second-order valence-electron chi connectivity index (χ2n) is 6.95. The summed E-state index contributed by atoms with van der Waals surface area (Å²) in [7, 11) is 0. The SMILES string of the molecule is Cc1ccc(CN2Cc3cncn3C(c3cccc(CC#N)c3)C2=O)cc1. The molecule has 0 aliphatic carbocycles. The van der Waals surface area contributed by atoms with E-state index in [-0.39, 0.29) is 5.91 Å². The highest BCUT2D eigenvalue weighted by atomic mass is 16.2. The van der Waals surface area contributed by atoms with Crippen molar-refractivity contribution in [3.05, 3.63) is 89.0 Å². The van der Waals surface area contributed by atoms with Gasteiger partial charge in [-0.05, 0) is 23.6 Å². The van der Waals surface area contributed by atoms with Crippen LogP contribution in [0.15, 0.2) is 61.1 Å². The number of aromatic nitrogens is 2. The van der Waals surface area contributed by atoms with Gasteiger partial charge in [0.15, 0.2) is 0 Å². The lowest BCUT2D eigenvalue weighted by Crippen LogP contribution is -2.42. The van der Waals surface area contributed by atoms with Gasteiger partial charge in [-0.1, -0.05) is 54.1 Å². The van der Waals surface area contributed by atoms with Gasteiger partial charge in [-0.25, -0.2) is 4.98 Å². The van der Waals surface area contributed by atoms with Crippen LogP contribution in [0.3, 0.4) is 0 Å². The highest BCUT2D eigenvalue weighted by Crippen LogP contribution is 2.30. The van der Waals surface area contributed by atoms with Crippen LogP contribution in [0.1, 0.15) is 34.0 Å². The number of fused-ring (bicyclic) bond motifs is 1. The summed E-state index contributed by atoms with van der Waals surface area (Å²) in [5.74, 6) is 0.0511. The van der Waals surface area contributed by atoms with Crippen LogP contribution in [0.5, 0.6) is 0 Å². The number of imidazole rings is 1. The number of amides is 1. The zero-order valence-corrected chi connectivity index (χ0v) is 15.2. The van der Waals surface area contributed by atoms with E-state index in [1.807, 2.05) is 39.9 Å². The van der Waals surface area contributed by atoms with Gasteiger partial charge in [-0.15, -0.1) is 0 Å². The molecule has 1 unspecified atom stereocenters. The maximum absolute atomic E-state index is 13.3. The van der Waals surface area contributed by atoms with Gasteiger partial charge in [0.1, 0.15) is 6.04 Å². The molecule has 1 amide bonds. The Morgan fingerprint density at radius 3 is 2.78 bits per heavy atom. The standard InChI is InChI=1S/C22H20N4O/c1-16-5-7-18(8-6-16)13-25-14-20-12-24-15-26(20)21(22(25)27)19-4-2-3-17(11-19)9-10-23/h2-8,11-12,15,21H,9,13-14H2,1H3. The molecule has 0 N–H and O–H groups in total. The quantitative estimate of drug-likeness (QED) is 0.720. The Morgan fingerprint density at radius 2 is 2.00 bits per heavy atom. The monoisotopic (exact) mass is 356 g/mol. The van der Waals surface area contributed by atoms with Crippen LogP contribution in [0.4, 0.5) is 0 Å². The van der Waals surface area contributed by atoms with E-state index in [0.29, 0.717) is 19.5 Å². The average Bonchev–Trinajstić information content (AvgIpc) is 3.12. The van der Waals surface area contributed by atoms with Gasteiger partial charge < -0.3 is 9.47 Å². The average molecular weight is 356 g/mol. The second-order valence-corrected chi connectivity index (χ2v) is 6.95.